The highest BCUT2D eigenvalue weighted by molar-refractivity contribution is 5.96. The van der Waals surface area contributed by atoms with Crippen molar-refractivity contribution >= 4 is 5.78 Å². The summed E-state index contributed by atoms with van der Waals surface area (Å²) in [5, 5.41) is 0. The van der Waals surface area contributed by atoms with Crippen molar-refractivity contribution in [1.82, 2.24) is 0 Å². The van der Waals surface area contributed by atoms with Crippen LogP contribution in [0.4, 0.5) is 0 Å². The molecule has 0 atom stereocenters. The van der Waals surface area contributed by atoms with Crippen molar-refractivity contribution in [2.24, 2.45) is 0 Å². The number of hydrogen-bond acceptors (Lipinski definition) is 2. The van der Waals surface area contributed by atoms with Crippen LogP contribution in [0.15, 0.2) is 18.2 Å². The van der Waals surface area contributed by atoms with E-state index in [2.05, 4.69) is 0 Å². The van der Waals surface area contributed by atoms with Crippen molar-refractivity contribution in [3.05, 3.63) is 29.3 Å². The molecule has 0 saturated heterocycles. The molecule has 0 N–H and O–H groups in total. The smallest absolute Gasteiger partial charge is 0.160 e. The summed E-state index contributed by atoms with van der Waals surface area (Å²) in [6.45, 7) is 7.61. The van der Waals surface area contributed by atoms with Crippen molar-refractivity contribution in [3.63, 3.8) is 0 Å². The SMILES string of the molecule is CC.CCc1ccc(OC)cc1C(C)=O. The van der Waals surface area contributed by atoms with Crippen LogP contribution in [0.5, 0.6) is 5.75 Å². The van der Waals surface area contributed by atoms with Gasteiger partial charge in [0, 0.05) is 5.56 Å². The second-order valence-electron chi connectivity index (χ2n) is 2.93. The summed E-state index contributed by atoms with van der Waals surface area (Å²) in [5.74, 6) is 0.832. The Balaban J connectivity index is 0.000000921. The molecule has 2 nitrogen and oxygen atoms in total. The maximum atomic E-state index is 11.2. The minimum absolute atomic E-state index is 0.0933. The van der Waals surface area contributed by atoms with Crippen LogP contribution in [0.3, 0.4) is 0 Å². The lowest BCUT2D eigenvalue weighted by atomic mass is 10.0. The highest BCUT2D eigenvalue weighted by Crippen LogP contribution is 2.18. The lowest BCUT2D eigenvalue weighted by Gasteiger charge is -2.06. The number of ether oxygens (including phenoxy) is 1. The van der Waals surface area contributed by atoms with Gasteiger partial charge >= 0.3 is 0 Å². The van der Waals surface area contributed by atoms with E-state index in [1.54, 1.807) is 20.1 Å². The average Bonchev–Trinajstić information content (AvgIpc) is 2.30. The fourth-order valence-electron chi connectivity index (χ4n) is 1.32. The van der Waals surface area contributed by atoms with Gasteiger partial charge in [-0.2, -0.15) is 0 Å². The molecule has 0 aromatic heterocycles. The normalized spacial score (nSPS) is 8.87. The van der Waals surface area contributed by atoms with Crippen molar-refractivity contribution in [2.45, 2.75) is 34.1 Å². The predicted octanol–water partition coefficient (Wildman–Crippen LogP) is 3.49. The molecule has 0 radical (unpaired) electrons. The third-order valence-electron chi connectivity index (χ3n) is 2.08. The maximum Gasteiger partial charge on any atom is 0.160 e. The lowest BCUT2D eigenvalue weighted by Crippen LogP contribution is -1.99. The van der Waals surface area contributed by atoms with E-state index in [-0.39, 0.29) is 5.78 Å². The van der Waals surface area contributed by atoms with Gasteiger partial charge in [-0.25, -0.2) is 0 Å². The van der Waals surface area contributed by atoms with Crippen molar-refractivity contribution in [3.8, 4) is 5.75 Å². The maximum absolute atomic E-state index is 11.2. The number of methoxy groups -OCH3 is 1. The van der Waals surface area contributed by atoms with Gasteiger partial charge in [0.05, 0.1) is 7.11 Å². The van der Waals surface area contributed by atoms with Crippen LogP contribution in [0.1, 0.15) is 43.6 Å². The van der Waals surface area contributed by atoms with Gasteiger partial charge in [0.1, 0.15) is 5.75 Å². The molecule has 15 heavy (non-hydrogen) atoms. The molecule has 1 aromatic rings. The predicted molar refractivity (Wildman–Crippen MR) is 63.7 cm³/mol. The van der Waals surface area contributed by atoms with Gasteiger partial charge in [0.25, 0.3) is 0 Å². The van der Waals surface area contributed by atoms with Crippen LogP contribution < -0.4 is 4.74 Å². The Bertz CT molecular complexity index is 316. The largest absolute Gasteiger partial charge is 0.497 e. The Morgan fingerprint density at radius 2 is 1.93 bits per heavy atom. The first-order valence-electron chi connectivity index (χ1n) is 5.37. The minimum Gasteiger partial charge on any atom is -0.497 e. The van der Waals surface area contributed by atoms with Crippen LogP contribution in [-0.4, -0.2) is 12.9 Å². The first kappa shape index (κ1) is 13.7. The summed E-state index contributed by atoms with van der Waals surface area (Å²) >= 11 is 0. The summed E-state index contributed by atoms with van der Waals surface area (Å²) in [6, 6.07) is 5.61. The van der Waals surface area contributed by atoms with E-state index in [1.807, 2.05) is 32.9 Å². The van der Waals surface area contributed by atoms with Gasteiger partial charge < -0.3 is 4.74 Å². The van der Waals surface area contributed by atoms with Crippen molar-refractivity contribution in [1.29, 1.82) is 0 Å². The molecule has 0 aliphatic heterocycles. The number of benzene rings is 1. The topological polar surface area (TPSA) is 26.3 Å². The molecule has 0 aliphatic rings. The van der Waals surface area contributed by atoms with Crippen LogP contribution >= 0.6 is 0 Å². The number of aryl methyl sites for hydroxylation is 1. The molecule has 0 bridgehead atoms. The highest BCUT2D eigenvalue weighted by Gasteiger charge is 2.06. The minimum atomic E-state index is 0.0933. The molecule has 0 saturated carbocycles. The van der Waals surface area contributed by atoms with E-state index in [0.29, 0.717) is 0 Å². The summed E-state index contributed by atoms with van der Waals surface area (Å²) in [5.41, 5.74) is 1.84. The summed E-state index contributed by atoms with van der Waals surface area (Å²) in [7, 11) is 1.60. The van der Waals surface area contributed by atoms with Gasteiger partial charge in [-0.05, 0) is 31.0 Å². The van der Waals surface area contributed by atoms with Gasteiger partial charge in [0.2, 0.25) is 0 Å². The molecule has 0 unspecified atom stereocenters. The third kappa shape index (κ3) is 3.74. The Morgan fingerprint density at radius 1 is 1.33 bits per heavy atom. The Hall–Kier alpha value is -1.31. The Labute approximate surface area is 92.3 Å². The highest BCUT2D eigenvalue weighted by atomic mass is 16.5. The van der Waals surface area contributed by atoms with Gasteiger partial charge in [0.15, 0.2) is 5.78 Å². The third-order valence-corrected chi connectivity index (χ3v) is 2.08. The average molecular weight is 208 g/mol. The van der Waals surface area contributed by atoms with Gasteiger partial charge in [-0.1, -0.05) is 26.8 Å². The zero-order chi connectivity index (χ0) is 11.8. The van der Waals surface area contributed by atoms with E-state index in [1.165, 1.54) is 0 Å². The molecule has 1 rings (SSSR count). The van der Waals surface area contributed by atoms with Crippen LogP contribution in [-0.2, 0) is 6.42 Å². The van der Waals surface area contributed by atoms with E-state index in [4.69, 9.17) is 4.74 Å². The monoisotopic (exact) mass is 208 g/mol. The van der Waals surface area contributed by atoms with E-state index in [9.17, 15) is 4.79 Å². The quantitative estimate of drug-likeness (QED) is 0.711. The molecule has 0 heterocycles. The lowest BCUT2D eigenvalue weighted by molar-refractivity contribution is 0.101. The Morgan fingerprint density at radius 3 is 2.33 bits per heavy atom. The molecule has 2 heteroatoms. The standard InChI is InChI=1S/C11H14O2.C2H6/c1-4-9-5-6-10(13-3)7-11(9)8(2)12;1-2/h5-7H,4H2,1-3H3;1-2H3. The van der Waals surface area contributed by atoms with E-state index in [0.717, 1.165) is 23.3 Å². The van der Waals surface area contributed by atoms with Crippen molar-refractivity contribution < 1.29 is 9.53 Å². The summed E-state index contributed by atoms with van der Waals surface area (Å²) in [6.07, 6.45) is 0.874. The van der Waals surface area contributed by atoms with Crippen LogP contribution in [0, 0.1) is 0 Å². The van der Waals surface area contributed by atoms with Crippen LogP contribution in [0.2, 0.25) is 0 Å². The number of carbonyl (C=O) groups is 1. The van der Waals surface area contributed by atoms with Gasteiger partial charge in [-0.3, -0.25) is 4.79 Å². The summed E-state index contributed by atoms with van der Waals surface area (Å²) < 4.78 is 5.05. The first-order chi connectivity index (χ1) is 7.19. The number of hydrogen-bond donors (Lipinski definition) is 0. The molecule has 0 aliphatic carbocycles. The van der Waals surface area contributed by atoms with E-state index >= 15 is 0 Å². The molecule has 0 spiro atoms. The Kier molecular flexibility index (Phi) is 6.43. The number of Topliss-reactive ketones (excluding diaryl/α,β-unsaturated/α-hetero) is 1. The summed E-state index contributed by atoms with van der Waals surface area (Å²) in [4.78, 5) is 11.2. The first-order valence-corrected chi connectivity index (χ1v) is 5.37. The fraction of sp³-hybridized carbons (Fsp3) is 0.462. The number of rotatable bonds is 3. The second-order valence-corrected chi connectivity index (χ2v) is 2.93. The van der Waals surface area contributed by atoms with Crippen LogP contribution in [0.25, 0.3) is 0 Å². The molecule has 0 amide bonds. The van der Waals surface area contributed by atoms with E-state index < -0.39 is 0 Å². The zero-order valence-electron chi connectivity index (χ0n) is 10.3. The molecule has 0 fully saturated rings. The van der Waals surface area contributed by atoms with Crippen molar-refractivity contribution in [2.75, 3.05) is 7.11 Å². The molecule has 84 valence electrons. The molecular weight excluding hydrogens is 188 g/mol. The number of carbonyl (C=O) groups excluding carboxylic acids is 1. The fourth-order valence-corrected chi connectivity index (χ4v) is 1.32. The second kappa shape index (κ2) is 7.04. The molecule has 1 aromatic carbocycles. The van der Waals surface area contributed by atoms with Gasteiger partial charge in [-0.15, -0.1) is 0 Å². The zero-order valence-corrected chi connectivity index (χ0v) is 10.3. The molecular formula is C13H20O2. The number of ketones is 1.